The van der Waals surface area contributed by atoms with E-state index in [1.54, 1.807) is 6.20 Å². The van der Waals surface area contributed by atoms with Gasteiger partial charge in [0.15, 0.2) is 0 Å². The summed E-state index contributed by atoms with van der Waals surface area (Å²) in [5.41, 5.74) is 0.172. The molecule has 21 heavy (non-hydrogen) atoms. The van der Waals surface area contributed by atoms with Crippen molar-refractivity contribution in [3.8, 4) is 0 Å². The summed E-state index contributed by atoms with van der Waals surface area (Å²) in [6.07, 6.45) is 2.54. The zero-order chi connectivity index (χ0) is 15.0. The van der Waals surface area contributed by atoms with Crippen LogP contribution in [0, 0.1) is 11.3 Å². The van der Waals surface area contributed by atoms with Crippen LogP contribution in [0.5, 0.6) is 0 Å². The van der Waals surface area contributed by atoms with E-state index in [2.05, 4.69) is 23.8 Å². The second-order valence-electron chi connectivity index (χ2n) is 6.32. The fourth-order valence-corrected chi connectivity index (χ4v) is 3.28. The van der Waals surface area contributed by atoms with Gasteiger partial charge in [0, 0.05) is 31.6 Å². The molecule has 1 aromatic heterocycles. The molecular weight excluding hydrogens is 270 g/mol. The summed E-state index contributed by atoms with van der Waals surface area (Å²) in [5, 5.41) is 9.66. The van der Waals surface area contributed by atoms with Crippen LogP contribution in [0.15, 0.2) is 12.3 Å². The van der Waals surface area contributed by atoms with Crippen molar-refractivity contribution in [2.45, 2.75) is 26.2 Å². The van der Waals surface area contributed by atoms with Gasteiger partial charge in [-0.2, -0.15) is 0 Å². The molecule has 0 aliphatic carbocycles. The fourth-order valence-electron chi connectivity index (χ4n) is 3.28. The summed E-state index contributed by atoms with van der Waals surface area (Å²) in [4.78, 5) is 22.7. The van der Waals surface area contributed by atoms with E-state index in [-0.39, 0.29) is 12.5 Å². The quantitative estimate of drug-likeness (QED) is 0.910. The molecule has 0 radical (unpaired) electrons. The minimum Gasteiger partial charge on any atom is -0.481 e. The zero-order valence-electron chi connectivity index (χ0n) is 12.5. The van der Waals surface area contributed by atoms with Crippen LogP contribution >= 0.6 is 0 Å². The second-order valence-corrected chi connectivity index (χ2v) is 6.32. The summed E-state index contributed by atoms with van der Waals surface area (Å²) in [5.74, 6) is 0.300. The highest BCUT2D eigenvalue weighted by atomic mass is 16.5. The molecule has 2 saturated heterocycles. The standard InChI is InChI=1S/C15H21N3O3/c1-10(2)12-3-5-16-14(17-12)18-7-11-4-6-21-9-15(11,8-18)13(19)20/h3,5,10-11H,4,6-9H2,1-2H3,(H,19,20)/t11-,15+/m0/s1. The van der Waals surface area contributed by atoms with Gasteiger partial charge in [-0.25, -0.2) is 9.97 Å². The van der Waals surface area contributed by atoms with Gasteiger partial charge in [-0.1, -0.05) is 13.8 Å². The minimum atomic E-state index is -0.810. The number of hydrogen-bond acceptors (Lipinski definition) is 5. The Morgan fingerprint density at radius 2 is 2.38 bits per heavy atom. The van der Waals surface area contributed by atoms with Crippen LogP contribution < -0.4 is 4.90 Å². The van der Waals surface area contributed by atoms with Crippen LogP contribution in [0.2, 0.25) is 0 Å². The van der Waals surface area contributed by atoms with Crippen LogP contribution in [0.3, 0.4) is 0 Å². The Morgan fingerprint density at radius 1 is 1.57 bits per heavy atom. The molecule has 0 aromatic carbocycles. The number of ether oxygens (including phenoxy) is 1. The predicted molar refractivity (Wildman–Crippen MR) is 77.3 cm³/mol. The lowest BCUT2D eigenvalue weighted by molar-refractivity contribution is -0.159. The Hall–Kier alpha value is -1.69. The van der Waals surface area contributed by atoms with E-state index < -0.39 is 11.4 Å². The fraction of sp³-hybridized carbons (Fsp3) is 0.667. The van der Waals surface area contributed by atoms with E-state index in [0.717, 1.165) is 12.1 Å². The van der Waals surface area contributed by atoms with E-state index in [9.17, 15) is 9.90 Å². The average molecular weight is 291 g/mol. The minimum absolute atomic E-state index is 0.107. The number of carbonyl (C=O) groups is 1. The largest absolute Gasteiger partial charge is 0.481 e. The molecule has 1 aromatic rings. The highest BCUT2D eigenvalue weighted by Gasteiger charge is 2.54. The van der Waals surface area contributed by atoms with Gasteiger partial charge < -0.3 is 14.7 Å². The van der Waals surface area contributed by atoms with Crippen molar-refractivity contribution in [3.63, 3.8) is 0 Å². The molecule has 114 valence electrons. The molecule has 0 amide bonds. The van der Waals surface area contributed by atoms with Gasteiger partial charge in [-0.05, 0) is 24.3 Å². The summed E-state index contributed by atoms with van der Waals surface area (Å²) in [6, 6.07) is 1.91. The Labute approximate surface area is 124 Å². The van der Waals surface area contributed by atoms with Gasteiger partial charge in [-0.15, -0.1) is 0 Å². The lowest BCUT2D eigenvalue weighted by Crippen LogP contribution is -2.46. The van der Waals surface area contributed by atoms with E-state index in [4.69, 9.17) is 4.74 Å². The average Bonchev–Trinajstić information content (AvgIpc) is 2.88. The van der Waals surface area contributed by atoms with Gasteiger partial charge >= 0.3 is 5.97 Å². The molecule has 6 nitrogen and oxygen atoms in total. The molecule has 0 bridgehead atoms. The van der Waals surface area contributed by atoms with Crippen molar-refractivity contribution in [1.82, 2.24) is 9.97 Å². The number of anilines is 1. The number of aliphatic carboxylic acids is 1. The number of nitrogens with zero attached hydrogens (tertiary/aromatic N) is 3. The maximum absolute atomic E-state index is 11.8. The van der Waals surface area contributed by atoms with Crippen molar-refractivity contribution in [2.24, 2.45) is 11.3 Å². The Morgan fingerprint density at radius 3 is 3.05 bits per heavy atom. The van der Waals surface area contributed by atoms with Crippen LogP contribution in [-0.4, -0.2) is 47.3 Å². The van der Waals surface area contributed by atoms with E-state index in [1.807, 2.05) is 11.0 Å². The van der Waals surface area contributed by atoms with E-state index in [1.165, 1.54) is 0 Å². The molecule has 2 aliphatic heterocycles. The van der Waals surface area contributed by atoms with Crippen LogP contribution in [0.4, 0.5) is 5.95 Å². The third kappa shape index (κ3) is 2.37. The third-order valence-corrected chi connectivity index (χ3v) is 4.63. The normalized spacial score (nSPS) is 28.7. The first-order valence-electron chi connectivity index (χ1n) is 7.42. The molecule has 0 unspecified atom stereocenters. The molecule has 2 aliphatic rings. The van der Waals surface area contributed by atoms with E-state index in [0.29, 0.717) is 31.6 Å². The maximum Gasteiger partial charge on any atom is 0.314 e. The topological polar surface area (TPSA) is 75.6 Å². The molecule has 1 N–H and O–H groups in total. The van der Waals surface area contributed by atoms with Gasteiger partial charge in [-0.3, -0.25) is 4.79 Å². The van der Waals surface area contributed by atoms with Crippen LogP contribution in [-0.2, 0) is 9.53 Å². The zero-order valence-corrected chi connectivity index (χ0v) is 12.5. The number of hydrogen-bond donors (Lipinski definition) is 1. The van der Waals surface area contributed by atoms with Gasteiger partial charge in [0.05, 0.1) is 6.61 Å². The number of aromatic nitrogens is 2. The van der Waals surface area contributed by atoms with Gasteiger partial charge in [0.1, 0.15) is 5.41 Å². The molecule has 3 heterocycles. The van der Waals surface area contributed by atoms with Gasteiger partial charge in [0.2, 0.25) is 5.95 Å². The molecule has 6 heteroatoms. The summed E-state index contributed by atoms with van der Waals surface area (Å²) < 4.78 is 5.45. The number of carboxylic acids is 1. The lowest BCUT2D eigenvalue weighted by Gasteiger charge is -2.33. The van der Waals surface area contributed by atoms with Crippen molar-refractivity contribution in [1.29, 1.82) is 0 Å². The Kier molecular flexibility index (Phi) is 3.57. The van der Waals surface area contributed by atoms with Gasteiger partial charge in [0.25, 0.3) is 0 Å². The molecule has 3 rings (SSSR count). The highest BCUT2D eigenvalue weighted by molar-refractivity contribution is 5.77. The summed E-state index contributed by atoms with van der Waals surface area (Å²) in [6.45, 7) is 6.21. The number of fused-ring (bicyclic) bond motifs is 1. The molecule has 0 saturated carbocycles. The predicted octanol–water partition coefficient (Wildman–Crippen LogP) is 1.53. The third-order valence-electron chi connectivity index (χ3n) is 4.63. The molecule has 2 atom stereocenters. The van der Waals surface area contributed by atoms with Crippen molar-refractivity contribution in [2.75, 3.05) is 31.2 Å². The Balaban J connectivity index is 1.88. The van der Waals surface area contributed by atoms with Crippen LogP contribution in [0.1, 0.15) is 31.9 Å². The Bertz CT molecular complexity index is 549. The molecule has 2 fully saturated rings. The van der Waals surface area contributed by atoms with Crippen molar-refractivity contribution < 1.29 is 14.6 Å². The van der Waals surface area contributed by atoms with Crippen molar-refractivity contribution in [3.05, 3.63) is 18.0 Å². The second kappa shape index (κ2) is 5.26. The first-order chi connectivity index (χ1) is 10.0. The number of rotatable bonds is 3. The van der Waals surface area contributed by atoms with E-state index >= 15 is 0 Å². The van der Waals surface area contributed by atoms with Crippen LogP contribution in [0.25, 0.3) is 0 Å². The maximum atomic E-state index is 11.8. The summed E-state index contributed by atoms with van der Waals surface area (Å²) >= 11 is 0. The first-order valence-corrected chi connectivity index (χ1v) is 7.42. The molecule has 0 spiro atoms. The molecular formula is C15H21N3O3. The lowest BCUT2D eigenvalue weighted by atomic mass is 9.76. The highest BCUT2D eigenvalue weighted by Crippen LogP contribution is 2.42. The van der Waals surface area contributed by atoms with Crippen molar-refractivity contribution >= 4 is 11.9 Å². The summed E-state index contributed by atoms with van der Waals surface area (Å²) in [7, 11) is 0. The first kappa shape index (κ1) is 14.3. The SMILES string of the molecule is CC(C)c1ccnc(N2C[C@@H]3CCOC[C@]3(C(=O)O)C2)n1. The number of carboxylic acid groups (broad SMARTS) is 1. The smallest absolute Gasteiger partial charge is 0.314 e. The monoisotopic (exact) mass is 291 g/mol.